The average molecular weight is 226 g/mol. The molecule has 0 saturated heterocycles. The van der Waals surface area contributed by atoms with E-state index >= 15 is 0 Å². The highest BCUT2D eigenvalue weighted by molar-refractivity contribution is 4.85. The molecule has 1 aliphatic carbocycles. The lowest BCUT2D eigenvalue weighted by Gasteiger charge is -2.27. The van der Waals surface area contributed by atoms with E-state index in [1.54, 1.807) is 0 Å². The molecule has 2 N–H and O–H groups in total. The first-order valence-electron chi connectivity index (χ1n) is 6.96. The van der Waals surface area contributed by atoms with Crippen molar-refractivity contribution in [3.63, 3.8) is 0 Å². The lowest BCUT2D eigenvalue weighted by atomic mass is 9.82. The summed E-state index contributed by atoms with van der Waals surface area (Å²) in [6.07, 6.45) is 5.50. The van der Waals surface area contributed by atoms with Gasteiger partial charge in [-0.1, -0.05) is 34.1 Å². The van der Waals surface area contributed by atoms with E-state index in [0.717, 1.165) is 19.0 Å². The fourth-order valence-electron chi connectivity index (χ4n) is 2.66. The molecule has 2 heteroatoms. The average Bonchev–Trinajstić information content (AvgIpc) is 2.51. The van der Waals surface area contributed by atoms with Gasteiger partial charge in [-0.25, -0.2) is 0 Å². The number of rotatable bonds is 7. The van der Waals surface area contributed by atoms with E-state index in [-0.39, 0.29) is 0 Å². The fourth-order valence-corrected chi connectivity index (χ4v) is 2.66. The summed E-state index contributed by atoms with van der Waals surface area (Å²) in [4.78, 5) is 0. The summed E-state index contributed by atoms with van der Waals surface area (Å²) in [5.41, 5.74) is 0.573. The van der Waals surface area contributed by atoms with E-state index in [1.165, 1.54) is 32.2 Å². The van der Waals surface area contributed by atoms with Crippen LogP contribution in [0.5, 0.6) is 0 Å². The van der Waals surface area contributed by atoms with Crippen molar-refractivity contribution >= 4 is 0 Å². The summed E-state index contributed by atoms with van der Waals surface area (Å²) in [6, 6.07) is 0.619. The summed E-state index contributed by atoms with van der Waals surface area (Å²) in [7, 11) is 0. The summed E-state index contributed by atoms with van der Waals surface area (Å²) in [5.74, 6) is 0.894. The standard InChI is InChI=1S/C14H30N2/c1-12(2)16-10-6-9-15-11-13-7-5-8-14(13,3)4/h12-13,15-16H,5-11H2,1-4H3. The minimum Gasteiger partial charge on any atom is -0.316 e. The molecule has 96 valence electrons. The summed E-state index contributed by atoms with van der Waals surface area (Å²) < 4.78 is 0. The third-order valence-electron chi connectivity index (χ3n) is 3.95. The third-order valence-corrected chi connectivity index (χ3v) is 3.95. The van der Waals surface area contributed by atoms with Gasteiger partial charge in [0.05, 0.1) is 0 Å². The minimum atomic E-state index is 0.573. The van der Waals surface area contributed by atoms with Gasteiger partial charge in [0.2, 0.25) is 0 Å². The molecular formula is C14H30N2. The van der Waals surface area contributed by atoms with Crippen molar-refractivity contribution in [1.29, 1.82) is 0 Å². The Kier molecular flexibility index (Phi) is 5.77. The highest BCUT2D eigenvalue weighted by atomic mass is 14.9. The summed E-state index contributed by atoms with van der Waals surface area (Å²) >= 11 is 0. The highest BCUT2D eigenvalue weighted by Gasteiger charge is 2.33. The third kappa shape index (κ3) is 4.84. The van der Waals surface area contributed by atoms with Crippen LogP contribution < -0.4 is 10.6 Å². The molecule has 1 unspecified atom stereocenters. The summed E-state index contributed by atoms with van der Waals surface area (Å²) in [6.45, 7) is 12.8. The zero-order valence-electron chi connectivity index (χ0n) is 11.6. The molecule has 0 aromatic heterocycles. The molecule has 16 heavy (non-hydrogen) atoms. The van der Waals surface area contributed by atoms with Gasteiger partial charge in [0, 0.05) is 6.04 Å². The van der Waals surface area contributed by atoms with E-state index in [4.69, 9.17) is 0 Å². The minimum absolute atomic E-state index is 0.573. The second kappa shape index (κ2) is 6.61. The molecule has 0 spiro atoms. The van der Waals surface area contributed by atoms with Gasteiger partial charge >= 0.3 is 0 Å². The number of hydrogen-bond acceptors (Lipinski definition) is 2. The zero-order chi connectivity index (χ0) is 12.0. The van der Waals surface area contributed by atoms with Crippen LogP contribution in [0.4, 0.5) is 0 Å². The Bertz CT molecular complexity index is 187. The van der Waals surface area contributed by atoms with Crippen molar-refractivity contribution in [3.05, 3.63) is 0 Å². The lowest BCUT2D eigenvalue weighted by Crippen LogP contribution is -2.32. The van der Waals surface area contributed by atoms with Gasteiger partial charge in [-0.15, -0.1) is 0 Å². The van der Waals surface area contributed by atoms with E-state index in [9.17, 15) is 0 Å². The first-order chi connectivity index (χ1) is 7.52. The van der Waals surface area contributed by atoms with E-state index in [1.807, 2.05) is 0 Å². The Hall–Kier alpha value is -0.0800. The van der Waals surface area contributed by atoms with Crippen LogP contribution in [-0.4, -0.2) is 25.7 Å². The molecule has 0 aliphatic heterocycles. The van der Waals surface area contributed by atoms with Crippen LogP contribution in [0.3, 0.4) is 0 Å². The van der Waals surface area contributed by atoms with Crippen molar-refractivity contribution in [2.75, 3.05) is 19.6 Å². The van der Waals surface area contributed by atoms with Crippen LogP contribution >= 0.6 is 0 Å². The smallest absolute Gasteiger partial charge is 0.00103 e. The normalized spacial score (nSPS) is 24.2. The van der Waals surface area contributed by atoms with E-state index in [2.05, 4.69) is 38.3 Å². The predicted molar refractivity (Wildman–Crippen MR) is 71.7 cm³/mol. The van der Waals surface area contributed by atoms with Gasteiger partial charge in [0.25, 0.3) is 0 Å². The molecule has 1 fully saturated rings. The SMILES string of the molecule is CC(C)NCCCNCC1CCCC1(C)C. The fraction of sp³-hybridized carbons (Fsp3) is 1.00. The monoisotopic (exact) mass is 226 g/mol. The first kappa shape index (κ1) is 14.0. The molecule has 0 radical (unpaired) electrons. The van der Waals surface area contributed by atoms with Gasteiger partial charge in [0.15, 0.2) is 0 Å². The molecule has 1 saturated carbocycles. The first-order valence-corrected chi connectivity index (χ1v) is 6.96. The lowest BCUT2D eigenvalue weighted by molar-refractivity contribution is 0.251. The summed E-state index contributed by atoms with van der Waals surface area (Å²) in [5, 5.41) is 7.07. The van der Waals surface area contributed by atoms with Gasteiger partial charge < -0.3 is 10.6 Å². The van der Waals surface area contributed by atoms with Crippen LogP contribution in [0.1, 0.15) is 53.4 Å². The maximum Gasteiger partial charge on any atom is 0.00103 e. The van der Waals surface area contributed by atoms with E-state index in [0.29, 0.717) is 11.5 Å². The van der Waals surface area contributed by atoms with E-state index < -0.39 is 0 Å². The van der Waals surface area contributed by atoms with Crippen LogP contribution in [0.15, 0.2) is 0 Å². The Morgan fingerprint density at radius 2 is 2.00 bits per heavy atom. The largest absolute Gasteiger partial charge is 0.316 e. The zero-order valence-corrected chi connectivity index (χ0v) is 11.6. The van der Waals surface area contributed by atoms with Crippen LogP contribution in [0.25, 0.3) is 0 Å². The molecular weight excluding hydrogens is 196 g/mol. The maximum atomic E-state index is 3.62. The molecule has 1 aliphatic rings. The van der Waals surface area contributed by atoms with Gasteiger partial charge in [-0.05, 0) is 50.2 Å². The number of nitrogens with one attached hydrogen (secondary N) is 2. The molecule has 0 aromatic rings. The molecule has 1 atom stereocenters. The topological polar surface area (TPSA) is 24.1 Å². The molecule has 0 heterocycles. The Balaban J connectivity index is 1.99. The maximum absolute atomic E-state index is 3.62. The Morgan fingerprint density at radius 3 is 2.56 bits per heavy atom. The van der Waals surface area contributed by atoms with Crippen LogP contribution in [0, 0.1) is 11.3 Å². The van der Waals surface area contributed by atoms with Gasteiger partial charge in [-0.3, -0.25) is 0 Å². The Labute approximate surface area is 102 Å². The Morgan fingerprint density at radius 1 is 1.25 bits per heavy atom. The van der Waals surface area contributed by atoms with Crippen LogP contribution in [-0.2, 0) is 0 Å². The molecule has 0 aromatic carbocycles. The van der Waals surface area contributed by atoms with Crippen LogP contribution in [0.2, 0.25) is 0 Å². The van der Waals surface area contributed by atoms with Gasteiger partial charge in [0.1, 0.15) is 0 Å². The molecule has 0 amide bonds. The highest BCUT2D eigenvalue weighted by Crippen LogP contribution is 2.41. The van der Waals surface area contributed by atoms with Crippen molar-refractivity contribution in [2.45, 2.75) is 59.4 Å². The molecule has 2 nitrogen and oxygen atoms in total. The quantitative estimate of drug-likeness (QED) is 0.652. The molecule has 0 bridgehead atoms. The molecule has 1 rings (SSSR count). The second-order valence-electron chi connectivity index (χ2n) is 6.24. The predicted octanol–water partition coefficient (Wildman–Crippen LogP) is 2.79. The number of hydrogen-bond donors (Lipinski definition) is 2. The van der Waals surface area contributed by atoms with Crippen molar-refractivity contribution in [3.8, 4) is 0 Å². The van der Waals surface area contributed by atoms with Crippen molar-refractivity contribution in [1.82, 2.24) is 10.6 Å². The van der Waals surface area contributed by atoms with Crippen molar-refractivity contribution < 1.29 is 0 Å². The van der Waals surface area contributed by atoms with Gasteiger partial charge in [-0.2, -0.15) is 0 Å². The van der Waals surface area contributed by atoms with Crippen molar-refractivity contribution in [2.24, 2.45) is 11.3 Å². The second-order valence-corrected chi connectivity index (χ2v) is 6.24.